The van der Waals surface area contributed by atoms with Crippen molar-refractivity contribution in [3.05, 3.63) is 137 Å². The second kappa shape index (κ2) is 9.25. The maximum absolute atomic E-state index is 4.71. The van der Waals surface area contributed by atoms with Crippen LogP contribution in [0.1, 0.15) is 33.5 Å². The van der Waals surface area contributed by atoms with Gasteiger partial charge in [0.2, 0.25) is 0 Å². The Balaban J connectivity index is 1.37. The zero-order chi connectivity index (χ0) is 22.6. The number of para-hydroxylation sites is 1. The van der Waals surface area contributed by atoms with Crippen LogP contribution in [0.2, 0.25) is 0 Å². The summed E-state index contributed by atoms with van der Waals surface area (Å²) in [5.41, 5.74) is 10.8. The molecule has 0 aliphatic rings. The highest BCUT2D eigenvalue weighted by molar-refractivity contribution is 5.61. The van der Waals surface area contributed by atoms with Crippen LogP contribution in [-0.2, 0) is 12.8 Å². The van der Waals surface area contributed by atoms with Crippen LogP contribution < -0.4 is 0 Å². The quantitative estimate of drug-likeness (QED) is 0.299. The Hall–Kier alpha value is -3.98. The standard InChI is InChI=1S/C30H27N3/c1-22-8-5-9-23(2)30(22)33-20-29(32-21-33)27-13-7-12-25(18-27)16-24-10-6-11-26(17-24)19-28-14-3-4-15-31-28/h3-15,17-18,20-21H,16,19H2,1-2H3. The highest BCUT2D eigenvalue weighted by Crippen LogP contribution is 2.24. The number of imidazole rings is 1. The molecule has 0 aliphatic heterocycles. The molecule has 0 atom stereocenters. The SMILES string of the molecule is Cc1cccc(C)c1-n1cnc(-c2cccc(Cc3cccc(Cc4ccccn4)c3)c2)c1. The molecule has 0 radical (unpaired) electrons. The lowest BCUT2D eigenvalue weighted by Crippen LogP contribution is -1.96. The fourth-order valence-corrected chi connectivity index (χ4v) is 4.44. The predicted octanol–water partition coefficient (Wildman–Crippen LogP) is 6.73. The van der Waals surface area contributed by atoms with Gasteiger partial charge in [0.25, 0.3) is 0 Å². The summed E-state index contributed by atoms with van der Waals surface area (Å²) in [7, 11) is 0. The molecule has 33 heavy (non-hydrogen) atoms. The molecule has 0 unspecified atom stereocenters. The first-order valence-corrected chi connectivity index (χ1v) is 11.3. The summed E-state index contributed by atoms with van der Waals surface area (Å²) in [5, 5.41) is 0. The van der Waals surface area contributed by atoms with Gasteiger partial charge in [0.1, 0.15) is 0 Å². The van der Waals surface area contributed by atoms with E-state index in [4.69, 9.17) is 4.98 Å². The third kappa shape index (κ3) is 4.78. The van der Waals surface area contributed by atoms with Crippen molar-refractivity contribution < 1.29 is 0 Å². The fraction of sp³-hybridized carbons (Fsp3) is 0.133. The number of nitrogens with zero attached hydrogens (tertiary/aromatic N) is 3. The van der Waals surface area contributed by atoms with Gasteiger partial charge in [-0.15, -0.1) is 0 Å². The molecule has 2 aromatic heterocycles. The Morgan fingerprint density at radius 1 is 0.667 bits per heavy atom. The Morgan fingerprint density at radius 2 is 1.36 bits per heavy atom. The van der Waals surface area contributed by atoms with E-state index >= 15 is 0 Å². The largest absolute Gasteiger partial charge is 0.305 e. The summed E-state index contributed by atoms with van der Waals surface area (Å²) in [5.74, 6) is 0. The number of aryl methyl sites for hydroxylation is 2. The lowest BCUT2D eigenvalue weighted by Gasteiger charge is -2.10. The Kier molecular flexibility index (Phi) is 5.86. The van der Waals surface area contributed by atoms with Crippen LogP contribution in [0.25, 0.3) is 16.9 Å². The van der Waals surface area contributed by atoms with Gasteiger partial charge >= 0.3 is 0 Å². The fourth-order valence-electron chi connectivity index (χ4n) is 4.44. The predicted molar refractivity (Wildman–Crippen MR) is 135 cm³/mol. The van der Waals surface area contributed by atoms with Crippen LogP contribution in [0.4, 0.5) is 0 Å². The first-order chi connectivity index (χ1) is 16.2. The van der Waals surface area contributed by atoms with E-state index in [1.165, 1.54) is 33.5 Å². The highest BCUT2D eigenvalue weighted by atomic mass is 15.0. The molecule has 0 spiro atoms. The van der Waals surface area contributed by atoms with Gasteiger partial charge in [-0.2, -0.15) is 0 Å². The molecular formula is C30H27N3. The first kappa shape index (κ1) is 20.9. The van der Waals surface area contributed by atoms with Gasteiger partial charge in [0.05, 0.1) is 17.7 Å². The van der Waals surface area contributed by atoms with E-state index in [1.807, 2.05) is 24.7 Å². The molecule has 162 valence electrons. The molecule has 5 aromatic rings. The van der Waals surface area contributed by atoms with E-state index in [-0.39, 0.29) is 0 Å². The van der Waals surface area contributed by atoms with E-state index in [2.05, 4.69) is 102 Å². The van der Waals surface area contributed by atoms with Crippen molar-refractivity contribution in [1.82, 2.24) is 14.5 Å². The van der Waals surface area contributed by atoms with Crippen LogP contribution >= 0.6 is 0 Å². The van der Waals surface area contributed by atoms with Crippen molar-refractivity contribution in [2.75, 3.05) is 0 Å². The molecule has 0 bridgehead atoms. The summed E-state index contributed by atoms with van der Waals surface area (Å²) in [6, 6.07) is 30.0. The third-order valence-corrected chi connectivity index (χ3v) is 6.01. The van der Waals surface area contributed by atoms with Crippen molar-refractivity contribution in [2.45, 2.75) is 26.7 Å². The Bertz CT molecular complexity index is 1360. The second-order valence-electron chi connectivity index (χ2n) is 8.60. The molecule has 0 saturated heterocycles. The smallest absolute Gasteiger partial charge is 0.0999 e. The second-order valence-corrected chi connectivity index (χ2v) is 8.60. The average Bonchev–Trinajstić information content (AvgIpc) is 3.30. The Labute approximate surface area is 195 Å². The van der Waals surface area contributed by atoms with Crippen LogP contribution in [0.5, 0.6) is 0 Å². The van der Waals surface area contributed by atoms with Crippen LogP contribution in [-0.4, -0.2) is 14.5 Å². The lowest BCUT2D eigenvalue weighted by molar-refractivity contribution is 1.02. The number of benzene rings is 3. The van der Waals surface area contributed by atoms with Crippen molar-refractivity contribution in [2.24, 2.45) is 0 Å². The van der Waals surface area contributed by atoms with Crippen LogP contribution in [0.15, 0.2) is 104 Å². The van der Waals surface area contributed by atoms with Gasteiger partial charge in [0, 0.05) is 30.1 Å². The topological polar surface area (TPSA) is 30.7 Å². The molecule has 0 N–H and O–H groups in total. The van der Waals surface area contributed by atoms with E-state index in [9.17, 15) is 0 Å². The molecule has 0 fully saturated rings. The van der Waals surface area contributed by atoms with Crippen molar-refractivity contribution >= 4 is 0 Å². The third-order valence-electron chi connectivity index (χ3n) is 6.01. The minimum atomic E-state index is 0.852. The van der Waals surface area contributed by atoms with E-state index in [0.29, 0.717) is 0 Å². The highest BCUT2D eigenvalue weighted by Gasteiger charge is 2.09. The summed E-state index contributed by atoms with van der Waals surface area (Å²) >= 11 is 0. The van der Waals surface area contributed by atoms with Gasteiger partial charge in [-0.25, -0.2) is 4.98 Å². The number of hydrogen-bond acceptors (Lipinski definition) is 2. The monoisotopic (exact) mass is 429 g/mol. The molecular weight excluding hydrogens is 402 g/mol. The zero-order valence-corrected chi connectivity index (χ0v) is 19.1. The molecule has 3 aromatic carbocycles. The lowest BCUT2D eigenvalue weighted by atomic mass is 9.99. The zero-order valence-electron chi connectivity index (χ0n) is 19.1. The normalized spacial score (nSPS) is 11.0. The van der Waals surface area contributed by atoms with E-state index in [1.54, 1.807) is 0 Å². The average molecular weight is 430 g/mol. The minimum absolute atomic E-state index is 0.852. The summed E-state index contributed by atoms with van der Waals surface area (Å²) < 4.78 is 2.13. The maximum Gasteiger partial charge on any atom is 0.0999 e. The van der Waals surface area contributed by atoms with E-state index < -0.39 is 0 Å². The first-order valence-electron chi connectivity index (χ1n) is 11.3. The molecule has 3 nitrogen and oxygen atoms in total. The van der Waals surface area contributed by atoms with Crippen LogP contribution in [0.3, 0.4) is 0 Å². The number of hydrogen-bond donors (Lipinski definition) is 0. The summed E-state index contributed by atoms with van der Waals surface area (Å²) in [6.45, 7) is 4.29. The van der Waals surface area contributed by atoms with Gasteiger partial charge < -0.3 is 4.57 Å². The molecule has 0 aliphatic carbocycles. The van der Waals surface area contributed by atoms with Crippen molar-refractivity contribution in [1.29, 1.82) is 0 Å². The number of pyridine rings is 1. The van der Waals surface area contributed by atoms with Gasteiger partial charge in [-0.05, 0) is 66.3 Å². The van der Waals surface area contributed by atoms with Gasteiger partial charge in [0.15, 0.2) is 0 Å². The summed E-state index contributed by atoms with van der Waals surface area (Å²) in [6.07, 6.45) is 7.64. The molecule has 3 heteroatoms. The minimum Gasteiger partial charge on any atom is -0.305 e. The molecule has 0 amide bonds. The van der Waals surface area contributed by atoms with Crippen LogP contribution in [0, 0.1) is 13.8 Å². The number of rotatable bonds is 6. The molecule has 0 saturated carbocycles. The van der Waals surface area contributed by atoms with E-state index in [0.717, 1.165) is 29.8 Å². The van der Waals surface area contributed by atoms with Gasteiger partial charge in [-0.1, -0.05) is 66.7 Å². The maximum atomic E-state index is 4.71. The Morgan fingerprint density at radius 3 is 2.12 bits per heavy atom. The molecule has 5 rings (SSSR count). The molecule has 2 heterocycles. The number of aromatic nitrogens is 3. The van der Waals surface area contributed by atoms with Crippen molar-refractivity contribution in [3.8, 4) is 16.9 Å². The summed E-state index contributed by atoms with van der Waals surface area (Å²) in [4.78, 5) is 9.17. The van der Waals surface area contributed by atoms with Crippen molar-refractivity contribution in [3.63, 3.8) is 0 Å². The van der Waals surface area contributed by atoms with Gasteiger partial charge in [-0.3, -0.25) is 4.98 Å².